The van der Waals surface area contributed by atoms with Crippen LogP contribution in [-0.4, -0.2) is 137 Å². The van der Waals surface area contributed by atoms with E-state index in [4.69, 9.17) is 28.4 Å². The number of thiophene rings is 2. The third-order valence-corrected chi connectivity index (χ3v) is 15.6. The second kappa shape index (κ2) is 22.2. The van der Waals surface area contributed by atoms with Gasteiger partial charge in [0, 0.05) is 107 Å². The van der Waals surface area contributed by atoms with Gasteiger partial charge in [-0.15, -0.1) is 11.5 Å². The Morgan fingerprint density at radius 3 is 2.01 bits per heavy atom. The maximum atomic E-state index is 14.8. The van der Waals surface area contributed by atoms with E-state index in [0.29, 0.717) is 84.9 Å². The van der Waals surface area contributed by atoms with Crippen LogP contribution < -0.4 is 44.1 Å². The summed E-state index contributed by atoms with van der Waals surface area (Å²) in [6.07, 6.45) is 9.90. The molecule has 4 N–H and O–H groups in total. The predicted molar refractivity (Wildman–Crippen MR) is 301 cm³/mol. The molecule has 0 aliphatic carbocycles. The molecular formula is C59H62N6O10S2. The minimum absolute atomic E-state index is 0.0766. The highest BCUT2D eigenvalue weighted by atomic mass is 32.1. The Kier molecular flexibility index (Phi) is 15.3. The summed E-state index contributed by atoms with van der Waals surface area (Å²) >= 11 is 3.16. The van der Waals surface area contributed by atoms with Crippen LogP contribution in [0.5, 0.6) is 28.9 Å². The third-order valence-electron chi connectivity index (χ3n) is 14.2. The summed E-state index contributed by atoms with van der Waals surface area (Å²) < 4.78 is 38.6. The number of allylic oxidation sites excluding steroid dienone is 2. The van der Waals surface area contributed by atoms with Gasteiger partial charge in [-0.25, -0.2) is 0 Å². The van der Waals surface area contributed by atoms with Gasteiger partial charge in [-0.3, -0.25) is 9.59 Å². The van der Waals surface area contributed by atoms with Crippen LogP contribution in [0.3, 0.4) is 0 Å². The lowest BCUT2D eigenvalue weighted by molar-refractivity contribution is -0.130. The lowest BCUT2D eigenvalue weighted by Gasteiger charge is -2.42. The number of carbonyl (C=O) groups excluding carboxylic acids is 2. The van der Waals surface area contributed by atoms with Crippen molar-refractivity contribution in [3.8, 4) is 40.0 Å². The number of ether oxygens (including phenoxy) is 6. The van der Waals surface area contributed by atoms with Gasteiger partial charge < -0.3 is 68.5 Å². The molecule has 400 valence electrons. The van der Waals surface area contributed by atoms with E-state index in [2.05, 4.69) is 60.2 Å². The Morgan fingerprint density at radius 2 is 1.48 bits per heavy atom. The van der Waals surface area contributed by atoms with E-state index < -0.39 is 23.6 Å². The minimum atomic E-state index is -1.26. The minimum Gasteiger partial charge on any atom is -0.496 e. The number of hydrogen-bond acceptors (Lipinski definition) is 15. The van der Waals surface area contributed by atoms with Crippen LogP contribution in [0, 0.1) is 0 Å². The molecule has 18 heteroatoms. The summed E-state index contributed by atoms with van der Waals surface area (Å²) in [6, 6.07) is 13.8. The van der Waals surface area contributed by atoms with Gasteiger partial charge >= 0.3 is 0 Å². The van der Waals surface area contributed by atoms with Crippen LogP contribution in [0.15, 0.2) is 135 Å². The van der Waals surface area contributed by atoms with Crippen LogP contribution in [0.25, 0.3) is 28.1 Å². The average molecular weight is 1080 g/mol. The number of hydrogen-bond donors (Lipinski definition) is 4. The van der Waals surface area contributed by atoms with Crippen molar-refractivity contribution >= 4 is 62.8 Å². The smallest absolute Gasteiger partial charge is 0.260 e. The van der Waals surface area contributed by atoms with Gasteiger partial charge in [0.1, 0.15) is 42.8 Å². The largest absolute Gasteiger partial charge is 0.496 e. The van der Waals surface area contributed by atoms with E-state index in [9.17, 15) is 19.8 Å². The number of aliphatic hydroxyl groups is 2. The Labute approximate surface area is 456 Å². The molecule has 3 aromatic heterocycles. The summed E-state index contributed by atoms with van der Waals surface area (Å²) in [7, 11) is 9.10. The van der Waals surface area contributed by atoms with Crippen LogP contribution in [0.4, 0.5) is 11.4 Å². The summed E-state index contributed by atoms with van der Waals surface area (Å²) in [5.41, 5.74) is 14.8. The van der Waals surface area contributed by atoms with Crippen molar-refractivity contribution in [2.24, 2.45) is 7.05 Å². The topological polar surface area (TPSA) is 169 Å². The number of nitrogens with zero attached hydrogens (tertiary/aromatic N) is 4. The molecule has 8 heterocycles. The lowest BCUT2D eigenvalue weighted by atomic mass is 9.90. The summed E-state index contributed by atoms with van der Waals surface area (Å²) in [5, 5.41) is 35.3. The zero-order valence-electron chi connectivity index (χ0n) is 44.0. The molecule has 1 fully saturated rings. The number of anilines is 2. The standard InChI is InChI=1S/C59H62N6O10S2/c1-8-37(13-19-62(3)4)43-24-45-51(26-49(43)70-6)73-29-47-41(11-9-17-64(54(45)47)39-14-21-76-31-39)56(68)60-58(2,33-67)34-75-53-23-38(28-63(53)5)44-25-46-52(27-50(44)71-7)74-30-48-42(57(69)61-59(16-20-66)35-72-36-59)12-10-18-65(55(46)48)40-15-22-77-32-40/h8-10,13-15,21-28,31-32,66-67H,1,16-20,29-30,33-36H2,2-7H3,(H,60,68)(H,61,69). The maximum absolute atomic E-state index is 14.8. The van der Waals surface area contributed by atoms with Crippen molar-refractivity contribution in [3.05, 3.63) is 152 Å². The highest BCUT2D eigenvalue weighted by Crippen LogP contribution is 2.48. The summed E-state index contributed by atoms with van der Waals surface area (Å²) in [5.74, 6) is 2.07. The molecule has 16 nitrogen and oxygen atoms in total. The molecule has 5 aromatic rings. The second-order valence-corrected chi connectivity index (χ2v) is 21.5. The molecule has 1 atom stereocenters. The zero-order chi connectivity index (χ0) is 54.0. The van der Waals surface area contributed by atoms with Crippen molar-refractivity contribution in [1.29, 1.82) is 0 Å². The van der Waals surface area contributed by atoms with E-state index in [1.165, 1.54) is 0 Å². The van der Waals surface area contributed by atoms with E-state index in [1.54, 1.807) is 43.8 Å². The number of aromatic nitrogens is 1. The molecule has 5 aliphatic heterocycles. The first-order valence-corrected chi connectivity index (χ1v) is 27.1. The lowest BCUT2D eigenvalue weighted by Crippen LogP contribution is -2.62. The molecule has 0 radical (unpaired) electrons. The fraction of sp³-hybridized carbons (Fsp3) is 0.322. The normalized spacial score (nSPS) is 17.2. The van der Waals surface area contributed by atoms with Gasteiger partial charge in [0.25, 0.3) is 11.8 Å². The number of methoxy groups -OCH3 is 2. The summed E-state index contributed by atoms with van der Waals surface area (Å²) in [6.45, 7) is 7.57. The first-order valence-electron chi connectivity index (χ1n) is 25.2. The SMILES string of the molecule is C=CC(=CCN(C)C)c1cc2c(cc1OC)OCC1=C2N(c2ccsc2)CC=C=C1C(=O)NC(C)(CO)COc1cc(-c2cc3c(cc2OC)OCC2=C3N(c3ccsc3)CC=C=C2C(=O)NC2(CCO)COC2)cn1C. The van der Waals surface area contributed by atoms with Crippen molar-refractivity contribution < 1.29 is 48.2 Å². The number of aliphatic hydroxyl groups excluding tert-OH is 2. The van der Waals surface area contributed by atoms with E-state index in [0.717, 1.165) is 56.2 Å². The fourth-order valence-electron chi connectivity index (χ4n) is 10.1. The van der Waals surface area contributed by atoms with Crippen LogP contribution in [-0.2, 0) is 21.4 Å². The van der Waals surface area contributed by atoms with Gasteiger partial charge in [0.15, 0.2) is 5.88 Å². The molecule has 2 aromatic carbocycles. The number of fused-ring (bicyclic) bond motifs is 4. The van der Waals surface area contributed by atoms with Crippen molar-refractivity contribution in [1.82, 2.24) is 20.1 Å². The molecule has 0 bridgehead atoms. The Morgan fingerprint density at radius 1 is 0.870 bits per heavy atom. The number of benzene rings is 2. The van der Waals surface area contributed by atoms with Gasteiger partial charge in [-0.1, -0.05) is 18.7 Å². The number of likely N-dealkylation sites (N-methyl/N-ethyl adjacent to an activating group) is 1. The second-order valence-electron chi connectivity index (χ2n) is 19.9. The monoisotopic (exact) mass is 1080 g/mol. The number of aryl methyl sites for hydroxylation is 1. The van der Waals surface area contributed by atoms with Crippen LogP contribution >= 0.6 is 22.7 Å². The molecular weight excluding hydrogens is 1020 g/mol. The molecule has 1 unspecified atom stereocenters. The van der Waals surface area contributed by atoms with Crippen molar-refractivity contribution in [3.63, 3.8) is 0 Å². The third kappa shape index (κ3) is 10.4. The molecule has 5 aliphatic rings. The maximum Gasteiger partial charge on any atom is 0.260 e. The molecule has 0 saturated carbocycles. The molecule has 2 amide bonds. The van der Waals surface area contributed by atoms with Gasteiger partial charge in [0.05, 0.1) is 79.0 Å². The highest BCUT2D eigenvalue weighted by molar-refractivity contribution is 7.08. The van der Waals surface area contributed by atoms with Crippen LogP contribution in [0.2, 0.25) is 0 Å². The first-order chi connectivity index (χ1) is 37.3. The Bertz CT molecular complexity index is 3350. The number of nitrogens with one attached hydrogen (secondary N) is 2. The Balaban J connectivity index is 0.942. The number of carbonyl (C=O) groups is 2. The highest BCUT2D eigenvalue weighted by Gasteiger charge is 2.42. The number of rotatable bonds is 19. The fourth-order valence-corrected chi connectivity index (χ4v) is 11.3. The van der Waals surface area contributed by atoms with E-state index >= 15 is 0 Å². The van der Waals surface area contributed by atoms with Crippen LogP contribution in [0.1, 0.15) is 30.0 Å². The summed E-state index contributed by atoms with van der Waals surface area (Å²) in [4.78, 5) is 35.4. The molecule has 77 heavy (non-hydrogen) atoms. The molecule has 10 rings (SSSR count). The first kappa shape index (κ1) is 52.9. The molecule has 0 spiro atoms. The van der Waals surface area contributed by atoms with Crippen molar-refractivity contribution in [2.45, 2.75) is 24.4 Å². The van der Waals surface area contributed by atoms with Gasteiger partial charge in [-0.2, -0.15) is 22.7 Å². The van der Waals surface area contributed by atoms with Crippen molar-refractivity contribution in [2.75, 3.05) is 104 Å². The Hall–Kier alpha value is -7.50. The molecule has 1 saturated heterocycles. The number of amides is 2. The van der Waals surface area contributed by atoms with Gasteiger partial charge in [-0.05, 0) is 80.2 Å². The average Bonchev–Trinajstić information content (AvgIpc) is 4.27. The van der Waals surface area contributed by atoms with E-state index in [-0.39, 0.29) is 37.9 Å². The zero-order valence-corrected chi connectivity index (χ0v) is 45.6. The van der Waals surface area contributed by atoms with E-state index in [1.807, 2.05) is 103 Å². The van der Waals surface area contributed by atoms with Gasteiger partial charge in [0.2, 0.25) is 0 Å². The quantitative estimate of drug-likeness (QED) is 0.0472. The predicted octanol–water partition coefficient (Wildman–Crippen LogP) is 7.59.